The van der Waals surface area contributed by atoms with Gasteiger partial charge in [0.1, 0.15) is 0 Å². The largest absolute Gasteiger partial charge is 0.347 e. The van der Waals surface area contributed by atoms with E-state index in [1.54, 1.807) is 5.57 Å². The Kier molecular flexibility index (Phi) is 18.4. The molecule has 0 spiro atoms. The molecule has 0 N–H and O–H groups in total. The molecule has 0 rings (SSSR count). The molecule has 2 atom stereocenters. The molecule has 0 aromatic rings. The van der Waals surface area contributed by atoms with Gasteiger partial charge in [-0.1, -0.05) is 83.1 Å². The average Bonchev–Trinajstić information content (AvgIpc) is 2.70. The second-order valence-electron chi connectivity index (χ2n) is 10.7. The number of ether oxygens (including phenoxy) is 2. The van der Waals surface area contributed by atoms with Gasteiger partial charge in [-0.2, -0.15) is 0 Å². The Morgan fingerprint density at radius 2 is 1.22 bits per heavy atom. The van der Waals surface area contributed by atoms with Crippen molar-refractivity contribution in [2.75, 3.05) is 0 Å². The molecule has 0 saturated heterocycles. The third-order valence-corrected chi connectivity index (χ3v) is 6.30. The first kappa shape index (κ1) is 31.4. The molecule has 190 valence electrons. The van der Waals surface area contributed by atoms with Gasteiger partial charge in [-0.3, -0.25) is 0 Å². The first-order valence-electron chi connectivity index (χ1n) is 13.8. The molecule has 0 aromatic carbocycles. The summed E-state index contributed by atoms with van der Waals surface area (Å²) in [6, 6.07) is 0. The van der Waals surface area contributed by atoms with E-state index in [1.165, 1.54) is 50.5 Å². The summed E-state index contributed by atoms with van der Waals surface area (Å²) in [4.78, 5) is 0. The van der Waals surface area contributed by atoms with Crippen LogP contribution in [-0.4, -0.2) is 18.0 Å². The molecule has 32 heavy (non-hydrogen) atoms. The minimum Gasteiger partial charge on any atom is -0.347 e. The van der Waals surface area contributed by atoms with E-state index < -0.39 is 5.79 Å². The van der Waals surface area contributed by atoms with E-state index in [0.29, 0.717) is 0 Å². The first-order valence-corrected chi connectivity index (χ1v) is 13.8. The van der Waals surface area contributed by atoms with Crippen LogP contribution in [0.15, 0.2) is 23.3 Å². The van der Waals surface area contributed by atoms with E-state index in [0.717, 1.165) is 44.4 Å². The van der Waals surface area contributed by atoms with Crippen LogP contribution in [0.1, 0.15) is 146 Å². The highest BCUT2D eigenvalue weighted by atomic mass is 16.7. The molecule has 0 aromatic heterocycles. The smallest absolute Gasteiger partial charge is 0.166 e. The molecule has 0 amide bonds. The molecular weight excluding hydrogens is 392 g/mol. The average molecular weight is 451 g/mol. The maximum Gasteiger partial charge on any atom is 0.166 e. The summed E-state index contributed by atoms with van der Waals surface area (Å²) in [7, 11) is 0. The van der Waals surface area contributed by atoms with E-state index in [-0.39, 0.29) is 12.2 Å². The van der Waals surface area contributed by atoms with Crippen molar-refractivity contribution in [3.05, 3.63) is 23.3 Å². The van der Waals surface area contributed by atoms with Gasteiger partial charge < -0.3 is 9.47 Å². The minimum atomic E-state index is -0.496. The van der Waals surface area contributed by atoms with E-state index in [1.807, 2.05) is 0 Å². The normalized spacial score (nSPS) is 16.9. The second kappa shape index (κ2) is 18.8. The lowest BCUT2D eigenvalue weighted by molar-refractivity contribution is -0.267. The standard InChI is InChI=1S/C30H58O2/c1-10-12-22-28(7)31-30(9,32-29(8)23-13-11-2)24-16-21-27(6)20-15-19-26(5)18-14-17-25(3)4/h19,21,25,28-29H,10-18,20,22-24H2,1-9H3. The maximum absolute atomic E-state index is 6.48. The fourth-order valence-corrected chi connectivity index (χ4v) is 4.22. The third-order valence-electron chi connectivity index (χ3n) is 6.30. The van der Waals surface area contributed by atoms with Crippen LogP contribution in [0.25, 0.3) is 0 Å². The highest BCUT2D eigenvalue weighted by Crippen LogP contribution is 2.27. The van der Waals surface area contributed by atoms with Gasteiger partial charge in [-0.05, 0) is 85.5 Å². The zero-order valence-electron chi connectivity index (χ0n) is 23.4. The molecule has 2 unspecified atom stereocenters. The maximum atomic E-state index is 6.48. The van der Waals surface area contributed by atoms with E-state index in [2.05, 4.69) is 74.5 Å². The van der Waals surface area contributed by atoms with Crippen LogP contribution in [-0.2, 0) is 9.47 Å². The van der Waals surface area contributed by atoms with Crippen molar-refractivity contribution in [3.8, 4) is 0 Å². The number of hydrogen-bond acceptors (Lipinski definition) is 2. The number of hydrogen-bond donors (Lipinski definition) is 0. The Bertz CT molecular complexity index is 487. The lowest BCUT2D eigenvalue weighted by atomic mass is 10.0. The summed E-state index contributed by atoms with van der Waals surface area (Å²) in [5, 5.41) is 0. The molecule has 0 saturated carbocycles. The second-order valence-corrected chi connectivity index (χ2v) is 10.7. The van der Waals surface area contributed by atoms with Crippen molar-refractivity contribution in [1.82, 2.24) is 0 Å². The number of unbranched alkanes of at least 4 members (excludes halogenated alkanes) is 2. The van der Waals surface area contributed by atoms with Crippen LogP contribution < -0.4 is 0 Å². The molecule has 2 nitrogen and oxygen atoms in total. The Morgan fingerprint density at radius 1 is 0.719 bits per heavy atom. The molecule has 0 bridgehead atoms. The molecule has 0 fully saturated rings. The van der Waals surface area contributed by atoms with E-state index in [9.17, 15) is 0 Å². The van der Waals surface area contributed by atoms with Crippen molar-refractivity contribution in [3.63, 3.8) is 0 Å². The van der Waals surface area contributed by atoms with E-state index in [4.69, 9.17) is 9.47 Å². The van der Waals surface area contributed by atoms with Crippen molar-refractivity contribution >= 4 is 0 Å². The van der Waals surface area contributed by atoms with E-state index >= 15 is 0 Å². The zero-order chi connectivity index (χ0) is 24.4. The summed E-state index contributed by atoms with van der Waals surface area (Å²) >= 11 is 0. The lowest BCUT2D eigenvalue weighted by Crippen LogP contribution is -2.38. The summed E-state index contributed by atoms with van der Waals surface area (Å²) in [6.07, 6.45) is 20.5. The van der Waals surface area contributed by atoms with Gasteiger partial charge in [-0.25, -0.2) is 0 Å². The first-order chi connectivity index (χ1) is 15.1. The molecule has 0 aliphatic rings. The van der Waals surface area contributed by atoms with Crippen LogP contribution in [0, 0.1) is 5.92 Å². The highest BCUT2D eigenvalue weighted by Gasteiger charge is 2.29. The SMILES string of the molecule is CCCCC(C)OC(C)(CCC=C(C)CCC=C(C)CCCC(C)C)OC(C)CCCC. The zero-order valence-corrected chi connectivity index (χ0v) is 23.4. The molecule has 2 heteroatoms. The predicted molar refractivity (Wildman–Crippen MR) is 143 cm³/mol. The van der Waals surface area contributed by atoms with Crippen molar-refractivity contribution in [2.45, 2.75) is 164 Å². The predicted octanol–water partition coefficient (Wildman–Crippen LogP) is 10.2. The minimum absolute atomic E-state index is 0.243. The van der Waals surface area contributed by atoms with Crippen LogP contribution in [0.2, 0.25) is 0 Å². The molecule has 0 aliphatic carbocycles. The van der Waals surface area contributed by atoms with Crippen molar-refractivity contribution in [1.29, 1.82) is 0 Å². The van der Waals surface area contributed by atoms with Crippen LogP contribution in [0.3, 0.4) is 0 Å². The summed E-state index contributed by atoms with van der Waals surface area (Å²) in [5.41, 5.74) is 3.03. The Balaban J connectivity index is 4.66. The van der Waals surface area contributed by atoms with Gasteiger partial charge in [0.25, 0.3) is 0 Å². The topological polar surface area (TPSA) is 18.5 Å². The van der Waals surface area contributed by atoms with Gasteiger partial charge in [-0.15, -0.1) is 0 Å². The fraction of sp³-hybridized carbons (Fsp3) is 0.867. The Labute approximate surface area is 202 Å². The van der Waals surface area contributed by atoms with Gasteiger partial charge in [0.15, 0.2) is 5.79 Å². The van der Waals surface area contributed by atoms with Gasteiger partial charge >= 0.3 is 0 Å². The van der Waals surface area contributed by atoms with Gasteiger partial charge in [0, 0.05) is 6.42 Å². The molecule has 0 radical (unpaired) electrons. The summed E-state index contributed by atoms with van der Waals surface area (Å²) in [5.74, 6) is 0.320. The summed E-state index contributed by atoms with van der Waals surface area (Å²) < 4.78 is 13.0. The lowest BCUT2D eigenvalue weighted by Gasteiger charge is -2.35. The third kappa shape index (κ3) is 17.9. The van der Waals surface area contributed by atoms with Crippen LogP contribution in [0.4, 0.5) is 0 Å². The molecule has 0 heterocycles. The van der Waals surface area contributed by atoms with Gasteiger partial charge in [0.2, 0.25) is 0 Å². The summed E-state index contributed by atoms with van der Waals surface area (Å²) in [6.45, 7) is 20.2. The molecular formula is C30H58O2. The number of rotatable bonds is 20. The number of allylic oxidation sites excluding steroid dienone is 4. The van der Waals surface area contributed by atoms with Crippen molar-refractivity contribution in [2.24, 2.45) is 5.92 Å². The Morgan fingerprint density at radius 3 is 1.72 bits per heavy atom. The van der Waals surface area contributed by atoms with Crippen LogP contribution >= 0.6 is 0 Å². The Hall–Kier alpha value is -0.600. The van der Waals surface area contributed by atoms with Crippen molar-refractivity contribution < 1.29 is 9.47 Å². The monoisotopic (exact) mass is 450 g/mol. The fourth-order valence-electron chi connectivity index (χ4n) is 4.22. The quantitative estimate of drug-likeness (QED) is 0.136. The highest BCUT2D eigenvalue weighted by molar-refractivity contribution is 5.04. The molecule has 0 aliphatic heterocycles. The van der Waals surface area contributed by atoms with Crippen LogP contribution in [0.5, 0.6) is 0 Å². The van der Waals surface area contributed by atoms with Gasteiger partial charge in [0.05, 0.1) is 12.2 Å².